The van der Waals surface area contributed by atoms with Gasteiger partial charge in [-0.2, -0.15) is 5.26 Å². The third kappa shape index (κ3) is 2.63. The Hall–Kier alpha value is -3.55. The number of nitriles is 1. The monoisotopic (exact) mass is 411 g/mol. The number of hydrogen-bond donors (Lipinski definition) is 1. The lowest BCUT2D eigenvalue weighted by Crippen LogP contribution is -2.21. The second-order valence-electron chi connectivity index (χ2n) is 7.59. The van der Waals surface area contributed by atoms with E-state index in [0.717, 1.165) is 43.9 Å². The molecule has 2 heterocycles. The van der Waals surface area contributed by atoms with Crippen molar-refractivity contribution in [2.45, 2.75) is 19.8 Å². The standard InChI is InChI=1S/C25H18ClN3O/c1-13-7-8-14(2)23-17(13)11-18(24(26)29-23)21-19(12-27)25(28)30-20-10-9-15-5-3-4-6-16(15)22(20)21/h3-11,21H,28H2,1-2H3. The van der Waals surface area contributed by atoms with Gasteiger partial charge in [0.2, 0.25) is 5.88 Å². The Morgan fingerprint density at radius 2 is 1.80 bits per heavy atom. The van der Waals surface area contributed by atoms with E-state index in [1.54, 1.807) is 0 Å². The van der Waals surface area contributed by atoms with Crippen molar-refractivity contribution in [3.63, 3.8) is 0 Å². The molecule has 0 amide bonds. The van der Waals surface area contributed by atoms with E-state index in [0.29, 0.717) is 16.5 Å². The van der Waals surface area contributed by atoms with E-state index < -0.39 is 5.92 Å². The maximum Gasteiger partial charge on any atom is 0.205 e. The van der Waals surface area contributed by atoms with Crippen molar-refractivity contribution >= 4 is 33.3 Å². The number of allylic oxidation sites excluding steroid dienone is 1. The normalized spacial score (nSPS) is 15.7. The Morgan fingerprint density at radius 3 is 2.60 bits per heavy atom. The molecule has 0 saturated heterocycles. The molecule has 1 aliphatic rings. The maximum absolute atomic E-state index is 9.96. The number of halogens is 1. The minimum absolute atomic E-state index is 0.0995. The lowest BCUT2D eigenvalue weighted by molar-refractivity contribution is 0.395. The molecule has 0 bridgehead atoms. The van der Waals surface area contributed by atoms with Crippen molar-refractivity contribution in [3.05, 3.63) is 93.5 Å². The summed E-state index contributed by atoms with van der Waals surface area (Å²) in [6, 6.07) is 20.3. The molecule has 0 spiro atoms. The van der Waals surface area contributed by atoms with E-state index in [9.17, 15) is 5.26 Å². The Kier molecular flexibility index (Phi) is 4.16. The topological polar surface area (TPSA) is 71.9 Å². The van der Waals surface area contributed by atoms with Crippen molar-refractivity contribution in [2.75, 3.05) is 0 Å². The highest BCUT2D eigenvalue weighted by Crippen LogP contribution is 2.47. The number of nitrogens with zero attached hydrogens (tertiary/aromatic N) is 2. The van der Waals surface area contributed by atoms with Gasteiger partial charge in [-0.15, -0.1) is 0 Å². The molecule has 1 unspecified atom stereocenters. The number of hydrogen-bond acceptors (Lipinski definition) is 4. The summed E-state index contributed by atoms with van der Waals surface area (Å²) >= 11 is 6.72. The zero-order chi connectivity index (χ0) is 21.0. The minimum Gasteiger partial charge on any atom is -0.440 e. The SMILES string of the molecule is Cc1ccc(C)c2nc(Cl)c(C3C(C#N)=C(N)Oc4ccc5ccccc5c43)cc12. The summed E-state index contributed by atoms with van der Waals surface area (Å²) in [7, 11) is 0. The first-order valence-corrected chi connectivity index (χ1v) is 10.0. The largest absolute Gasteiger partial charge is 0.440 e. The maximum atomic E-state index is 9.96. The summed E-state index contributed by atoms with van der Waals surface area (Å²) in [5.74, 6) is 0.267. The molecular weight excluding hydrogens is 394 g/mol. The summed E-state index contributed by atoms with van der Waals surface area (Å²) < 4.78 is 5.84. The van der Waals surface area contributed by atoms with Crippen molar-refractivity contribution in [3.8, 4) is 11.8 Å². The predicted molar refractivity (Wildman–Crippen MR) is 119 cm³/mol. The smallest absolute Gasteiger partial charge is 0.205 e. The lowest BCUT2D eigenvalue weighted by Gasteiger charge is -2.28. The molecule has 4 nitrogen and oxygen atoms in total. The van der Waals surface area contributed by atoms with Gasteiger partial charge in [0, 0.05) is 16.5 Å². The quantitative estimate of drug-likeness (QED) is 0.397. The molecule has 5 heteroatoms. The van der Waals surface area contributed by atoms with Gasteiger partial charge in [0.05, 0.1) is 11.4 Å². The van der Waals surface area contributed by atoms with Crippen LogP contribution >= 0.6 is 11.6 Å². The highest BCUT2D eigenvalue weighted by atomic mass is 35.5. The molecule has 5 rings (SSSR count). The summed E-state index contributed by atoms with van der Waals surface area (Å²) in [5.41, 5.74) is 11.2. The van der Waals surface area contributed by atoms with Crippen LogP contribution in [0.1, 0.15) is 28.2 Å². The van der Waals surface area contributed by atoms with Crippen LogP contribution < -0.4 is 10.5 Å². The molecule has 4 aromatic rings. The second kappa shape index (κ2) is 6.76. The van der Waals surface area contributed by atoms with E-state index in [2.05, 4.69) is 12.1 Å². The molecule has 0 saturated carbocycles. The van der Waals surface area contributed by atoms with Crippen LogP contribution in [0.25, 0.3) is 21.7 Å². The molecule has 1 atom stereocenters. The lowest BCUT2D eigenvalue weighted by atomic mass is 9.81. The fourth-order valence-electron chi connectivity index (χ4n) is 4.28. The Morgan fingerprint density at radius 1 is 1.03 bits per heavy atom. The number of aryl methyl sites for hydroxylation is 2. The van der Waals surface area contributed by atoms with Gasteiger partial charge >= 0.3 is 0 Å². The third-order valence-corrected chi connectivity index (χ3v) is 6.11. The second-order valence-corrected chi connectivity index (χ2v) is 7.95. The number of ether oxygens (including phenoxy) is 1. The van der Waals surface area contributed by atoms with Crippen LogP contribution in [0.4, 0.5) is 0 Å². The molecule has 30 heavy (non-hydrogen) atoms. The number of rotatable bonds is 1. The van der Waals surface area contributed by atoms with Crippen LogP contribution in [0.3, 0.4) is 0 Å². The summed E-state index contributed by atoms with van der Waals surface area (Å²) in [5, 5.41) is 13.4. The number of benzene rings is 3. The highest BCUT2D eigenvalue weighted by molar-refractivity contribution is 6.30. The van der Waals surface area contributed by atoms with E-state index in [1.807, 2.05) is 62.4 Å². The molecule has 146 valence electrons. The van der Waals surface area contributed by atoms with Gasteiger partial charge in [-0.25, -0.2) is 4.98 Å². The summed E-state index contributed by atoms with van der Waals surface area (Å²) in [4.78, 5) is 4.71. The van der Waals surface area contributed by atoms with E-state index in [-0.39, 0.29) is 5.88 Å². The summed E-state index contributed by atoms with van der Waals surface area (Å²) in [6.07, 6.45) is 0. The van der Waals surface area contributed by atoms with Crippen LogP contribution in [-0.2, 0) is 0 Å². The molecule has 0 aliphatic carbocycles. The van der Waals surface area contributed by atoms with Gasteiger partial charge in [-0.1, -0.05) is 54.1 Å². The molecule has 1 aliphatic heterocycles. The van der Waals surface area contributed by atoms with Gasteiger partial charge in [-0.05, 0) is 47.9 Å². The Labute approximate surface area is 179 Å². The van der Waals surface area contributed by atoms with Crippen molar-refractivity contribution in [1.82, 2.24) is 4.98 Å². The third-order valence-electron chi connectivity index (χ3n) is 5.81. The van der Waals surface area contributed by atoms with Gasteiger partial charge in [0.1, 0.15) is 22.5 Å². The van der Waals surface area contributed by atoms with Gasteiger partial charge < -0.3 is 10.5 Å². The van der Waals surface area contributed by atoms with Gasteiger partial charge in [0.25, 0.3) is 0 Å². The Bertz CT molecular complexity index is 1430. The molecule has 0 fully saturated rings. The zero-order valence-corrected chi connectivity index (χ0v) is 17.3. The van der Waals surface area contributed by atoms with E-state index >= 15 is 0 Å². The first-order chi connectivity index (χ1) is 14.5. The van der Waals surface area contributed by atoms with E-state index in [4.69, 9.17) is 27.1 Å². The van der Waals surface area contributed by atoms with Crippen LogP contribution in [0, 0.1) is 25.2 Å². The van der Waals surface area contributed by atoms with Crippen LogP contribution in [-0.4, -0.2) is 4.98 Å². The fraction of sp³-hybridized carbons (Fsp3) is 0.120. The predicted octanol–water partition coefficient (Wildman–Crippen LogP) is 5.88. The number of nitrogens with two attached hydrogens (primary N) is 1. The van der Waals surface area contributed by atoms with E-state index in [1.165, 1.54) is 0 Å². The first-order valence-electron chi connectivity index (χ1n) is 9.65. The number of fused-ring (bicyclic) bond motifs is 4. The van der Waals surface area contributed by atoms with Crippen molar-refractivity contribution in [1.29, 1.82) is 5.26 Å². The highest BCUT2D eigenvalue weighted by Gasteiger charge is 2.34. The average Bonchev–Trinajstić information content (AvgIpc) is 2.75. The summed E-state index contributed by atoms with van der Waals surface area (Å²) in [6.45, 7) is 4.06. The van der Waals surface area contributed by atoms with Crippen LogP contribution in [0.2, 0.25) is 5.15 Å². The average molecular weight is 412 g/mol. The van der Waals surface area contributed by atoms with Gasteiger partial charge in [-0.3, -0.25) is 0 Å². The first kappa shape index (κ1) is 18.5. The molecule has 3 aromatic carbocycles. The van der Waals surface area contributed by atoms with Gasteiger partial charge in [0.15, 0.2) is 0 Å². The fourth-order valence-corrected chi connectivity index (χ4v) is 4.53. The van der Waals surface area contributed by atoms with Crippen LogP contribution in [0.5, 0.6) is 5.75 Å². The van der Waals surface area contributed by atoms with Crippen molar-refractivity contribution < 1.29 is 4.74 Å². The number of aromatic nitrogens is 1. The number of pyridine rings is 1. The molecule has 1 aromatic heterocycles. The zero-order valence-electron chi connectivity index (χ0n) is 16.5. The molecular formula is C25H18ClN3O. The Balaban J connectivity index is 1.89. The molecule has 0 radical (unpaired) electrons. The van der Waals surface area contributed by atoms with Crippen molar-refractivity contribution in [2.24, 2.45) is 5.73 Å². The van der Waals surface area contributed by atoms with Crippen LogP contribution in [0.15, 0.2) is 66.1 Å². The minimum atomic E-state index is -0.464. The molecule has 2 N–H and O–H groups in total.